The topological polar surface area (TPSA) is 135 Å². The first-order valence-corrected chi connectivity index (χ1v) is 10.7. The van der Waals surface area contributed by atoms with E-state index in [9.17, 15) is 18.5 Å². The number of nitro groups is 1. The van der Waals surface area contributed by atoms with Crippen molar-refractivity contribution in [1.82, 2.24) is 15.4 Å². The predicted molar refractivity (Wildman–Crippen MR) is 130 cm³/mol. The molecule has 2 rings (SSSR count). The van der Waals surface area contributed by atoms with Crippen LogP contribution in [0.1, 0.15) is 5.56 Å². The molecule has 0 aliphatic heterocycles. The van der Waals surface area contributed by atoms with E-state index in [0.29, 0.717) is 19.1 Å². The zero-order valence-electron chi connectivity index (χ0n) is 17.2. The summed E-state index contributed by atoms with van der Waals surface area (Å²) < 4.78 is 32.5. The number of nitro benzene ring substituents is 1. The summed E-state index contributed by atoms with van der Waals surface area (Å²) in [6.45, 7) is 3.29. The second kappa shape index (κ2) is 13.1. The molecule has 3 N–H and O–H groups in total. The number of aryl methyl sites for hydroxylation is 1. The van der Waals surface area contributed by atoms with Crippen LogP contribution in [-0.2, 0) is 10.0 Å². The van der Waals surface area contributed by atoms with Crippen molar-refractivity contribution in [2.75, 3.05) is 33.3 Å². The summed E-state index contributed by atoms with van der Waals surface area (Å²) in [5.41, 5.74) is 0.875. The van der Waals surface area contributed by atoms with E-state index in [1.54, 1.807) is 7.05 Å². The number of halogens is 1. The minimum atomic E-state index is -3.85. The average Bonchev–Trinajstić information content (AvgIpc) is 2.74. The quantitative estimate of drug-likeness (QED) is 0.101. The first kappa shape index (κ1) is 26.6. The summed E-state index contributed by atoms with van der Waals surface area (Å²) in [5, 5.41) is 16.8. The summed E-state index contributed by atoms with van der Waals surface area (Å²) in [5.74, 6) is 1.28. The lowest BCUT2D eigenvalue weighted by Crippen LogP contribution is -2.42. The van der Waals surface area contributed by atoms with E-state index < -0.39 is 14.9 Å². The van der Waals surface area contributed by atoms with E-state index >= 15 is 0 Å². The lowest BCUT2D eigenvalue weighted by Gasteiger charge is -2.13. The minimum absolute atomic E-state index is 0. The summed E-state index contributed by atoms with van der Waals surface area (Å²) in [6.07, 6.45) is 0. The van der Waals surface area contributed by atoms with Crippen LogP contribution in [0.2, 0.25) is 0 Å². The van der Waals surface area contributed by atoms with Gasteiger partial charge in [0.05, 0.1) is 16.4 Å². The maximum Gasteiger partial charge on any atom is 0.270 e. The summed E-state index contributed by atoms with van der Waals surface area (Å²) in [7, 11) is -2.25. The van der Waals surface area contributed by atoms with Gasteiger partial charge in [0, 0.05) is 32.3 Å². The van der Waals surface area contributed by atoms with Crippen LogP contribution in [0.15, 0.2) is 58.4 Å². The molecule has 0 unspecified atom stereocenters. The lowest BCUT2D eigenvalue weighted by molar-refractivity contribution is -0.385. The van der Waals surface area contributed by atoms with Crippen molar-refractivity contribution in [3.63, 3.8) is 0 Å². The molecule has 170 valence electrons. The molecule has 0 atom stereocenters. The average molecular weight is 563 g/mol. The van der Waals surface area contributed by atoms with Gasteiger partial charge in [0.1, 0.15) is 12.4 Å². The number of benzene rings is 2. The fourth-order valence-corrected chi connectivity index (χ4v) is 3.48. The number of nitrogens with one attached hydrogen (secondary N) is 3. The standard InChI is InChI=1S/C19H25N5O5S.HI/c1-15-6-8-17(9-7-15)29-13-12-22-19(20-2)21-10-11-23-30(27,28)18-5-3-4-16(14-18)24(25)26;/h3-9,14,23H,10-13H2,1-2H3,(H2,20,21,22);1H. The van der Waals surface area contributed by atoms with Crippen LogP contribution >= 0.6 is 24.0 Å². The molecule has 0 heterocycles. The van der Waals surface area contributed by atoms with Crippen molar-refractivity contribution in [1.29, 1.82) is 0 Å². The Morgan fingerprint density at radius 3 is 2.42 bits per heavy atom. The lowest BCUT2D eigenvalue weighted by atomic mass is 10.2. The fraction of sp³-hybridized carbons (Fsp3) is 0.316. The van der Waals surface area contributed by atoms with Gasteiger partial charge in [-0.2, -0.15) is 0 Å². The molecule has 0 radical (unpaired) electrons. The number of aliphatic imine (C=N–C) groups is 1. The van der Waals surface area contributed by atoms with E-state index in [0.717, 1.165) is 17.4 Å². The number of hydrogen-bond donors (Lipinski definition) is 3. The Labute approximate surface area is 198 Å². The molecule has 0 amide bonds. The first-order valence-electron chi connectivity index (χ1n) is 9.20. The van der Waals surface area contributed by atoms with Crippen LogP contribution in [0.4, 0.5) is 5.69 Å². The summed E-state index contributed by atoms with van der Waals surface area (Å²) in [4.78, 5) is 14.1. The summed E-state index contributed by atoms with van der Waals surface area (Å²) >= 11 is 0. The third kappa shape index (κ3) is 9.06. The molecule has 0 saturated carbocycles. The van der Waals surface area contributed by atoms with E-state index in [4.69, 9.17) is 4.74 Å². The highest BCUT2D eigenvalue weighted by Crippen LogP contribution is 2.16. The van der Waals surface area contributed by atoms with E-state index in [2.05, 4.69) is 20.3 Å². The zero-order valence-corrected chi connectivity index (χ0v) is 20.3. The van der Waals surface area contributed by atoms with Gasteiger partial charge in [-0.05, 0) is 25.1 Å². The molecule has 2 aromatic rings. The Morgan fingerprint density at radius 1 is 1.10 bits per heavy atom. The van der Waals surface area contributed by atoms with Crippen LogP contribution in [0.25, 0.3) is 0 Å². The summed E-state index contributed by atoms with van der Waals surface area (Å²) in [6, 6.07) is 12.6. The first-order chi connectivity index (χ1) is 14.3. The van der Waals surface area contributed by atoms with Crippen LogP contribution in [0, 0.1) is 17.0 Å². The number of rotatable bonds is 10. The second-order valence-corrected chi connectivity index (χ2v) is 8.01. The van der Waals surface area contributed by atoms with Crippen molar-refractivity contribution in [2.45, 2.75) is 11.8 Å². The van der Waals surface area contributed by atoms with Gasteiger partial charge >= 0.3 is 0 Å². The largest absolute Gasteiger partial charge is 0.492 e. The molecular weight excluding hydrogens is 537 g/mol. The molecule has 0 spiro atoms. The smallest absolute Gasteiger partial charge is 0.270 e. The second-order valence-electron chi connectivity index (χ2n) is 6.24. The number of ether oxygens (including phenoxy) is 1. The number of non-ortho nitro benzene ring substituents is 1. The van der Waals surface area contributed by atoms with Crippen LogP contribution in [0.5, 0.6) is 5.75 Å². The van der Waals surface area contributed by atoms with Crippen molar-refractivity contribution in [3.05, 3.63) is 64.2 Å². The predicted octanol–water partition coefficient (Wildman–Crippen LogP) is 2.04. The number of guanidine groups is 1. The Kier molecular flexibility index (Phi) is 11.2. The van der Waals surface area contributed by atoms with Crippen molar-refractivity contribution in [3.8, 4) is 5.75 Å². The highest BCUT2D eigenvalue weighted by Gasteiger charge is 2.17. The minimum Gasteiger partial charge on any atom is -0.492 e. The van der Waals surface area contributed by atoms with Gasteiger partial charge in [-0.15, -0.1) is 24.0 Å². The van der Waals surface area contributed by atoms with Gasteiger partial charge in [0.25, 0.3) is 5.69 Å². The van der Waals surface area contributed by atoms with Gasteiger partial charge in [-0.25, -0.2) is 13.1 Å². The van der Waals surface area contributed by atoms with Crippen LogP contribution in [0.3, 0.4) is 0 Å². The van der Waals surface area contributed by atoms with E-state index in [1.807, 2.05) is 31.2 Å². The molecular formula is C19H26IN5O5S. The molecule has 0 bridgehead atoms. The Balaban J connectivity index is 0.00000480. The third-order valence-electron chi connectivity index (χ3n) is 3.96. The highest BCUT2D eigenvalue weighted by atomic mass is 127. The number of sulfonamides is 1. The molecule has 0 aliphatic carbocycles. The molecule has 10 nitrogen and oxygen atoms in total. The van der Waals surface area contributed by atoms with E-state index in [1.165, 1.54) is 18.2 Å². The number of nitrogens with zero attached hydrogens (tertiary/aromatic N) is 2. The molecule has 31 heavy (non-hydrogen) atoms. The van der Waals surface area contributed by atoms with E-state index in [-0.39, 0.29) is 47.6 Å². The molecule has 0 fully saturated rings. The van der Waals surface area contributed by atoms with Crippen LogP contribution in [-0.4, -0.2) is 52.6 Å². The van der Waals surface area contributed by atoms with Crippen molar-refractivity contribution in [2.24, 2.45) is 4.99 Å². The zero-order chi connectivity index (χ0) is 22.0. The molecule has 12 heteroatoms. The monoisotopic (exact) mass is 563 g/mol. The SMILES string of the molecule is CN=C(NCCNS(=O)(=O)c1cccc([N+](=O)[O-])c1)NCCOc1ccc(C)cc1.I. The van der Waals surface area contributed by atoms with Crippen molar-refractivity contribution < 1.29 is 18.1 Å². The Bertz CT molecular complexity index is 983. The molecule has 0 aromatic heterocycles. The molecule has 2 aromatic carbocycles. The Hall–Kier alpha value is -2.45. The van der Waals surface area contributed by atoms with Gasteiger partial charge in [0.2, 0.25) is 10.0 Å². The van der Waals surface area contributed by atoms with Gasteiger partial charge in [-0.1, -0.05) is 23.8 Å². The highest BCUT2D eigenvalue weighted by molar-refractivity contribution is 14.0. The van der Waals surface area contributed by atoms with Gasteiger partial charge < -0.3 is 15.4 Å². The Morgan fingerprint density at radius 2 is 1.77 bits per heavy atom. The van der Waals surface area contributed by atoms with Gasteiger partial charge in [-0.3, -0.25) is 15.1 Å². The maximum atomic E-state index is 12.3. The number of hydrogen-bond acceptors (Lipinski definition) is 6. The maximum absolute atomic E-state index is 12.3. The molecule has 0 saturated heterocycles. The van der Waals surface area contributed by atoms with Crippen LogP contribution < -0.4 is 20.1 Å². The van der Waals surface area contributed by atoms with Gasteiger partial charge in [0.15, 0.2) is 5.96 Å². The third-order valence-corrected chi connectivity index (χ3v) is 5.41. The fourth-order valence-electron chi connectivity index (χ4n) is 2.41. The van der Waals surface area contributed by atoms with Crippen molar-refractivity contribution >= 4 is 45.6 Å². The normalized spacial score (nSPS) is 11.4. The molecule has 0 aliphatic rings.